The summed E-state index contributed by atoms with van der Waals surface area (Å²) in [5.74, 6) is -0.0490. The van der Waals surface area contributed by atoms with Crippen LogP contribution in [0.5, 0.6) is 0 Å². The number of benzene rings is 1. The second-order valence-electron chi connectivity index (χ2n) is 6.09. The van der Waals surface area contributed by atoms with Gasteiger partial charge in [-0.3, -0.25) is 0 Å². The molecule has 1 saturated heterocycles. The molecule has 4 nitrogen and oxygen atoms in total. The van der Waals surface area contributed by atoms with Crippen LogP contribution in [-0.4, -0.2) is 48.2 Å². The van der Waals surface area contributed by atoms with E-state index in [1.807, 2.05) is 21.0 Å². The third-order valence-corrected chi connectivity index (χ3v) is 4.15. The SMILES string of the molecule is Cc1cc(F)ccc1[C@H]1[C@H](CN(C)C)CCCN1C(=O)O. The van der Waals surface area contributed by atoms with Crippen molar-refractivity contribution < 1.29 is 14.3 Å². The topological polar surface area (TPSA) is 43.8 Å². The van der Waals surface area contributed by atoms with E-state index in [0.717, 1.165) is 30.5 Å². The molecule has 0 bridgehead atoms. The van der Waals surface area contributed by atoms with Crippen molar-refractivity contribution in [2.75, 3.05) is 27.2 Å². The largest absolute Gasteiger partial charge is 0.465 e. The van der Waals surface area contributed by atoms with Crippen LogP contribution in [0.1, 0.15) is 30.0 Å². The summed E-state index contributed by atoms with van der Waals surface area (Å²) in [5, 5.41) is 9.51. The predicted octanol–water partition coefficient (Wildman–Crippen LogP) is 3.13. The van der Waals surface area contributed by atoms with Crippen LogP contribution in [0.3, 0.4) is 0 Å². The Labute approximate surface area is 125 Å². The number of likely N-dealkylation sites (tertiary alicyclic amines) is 1. The molecule has 2 atom stereocenters. The lowest BCUT2D eigenvalue weighted by Crippen LogP contribution is -2.45. The highest BCUT2D eigenvalue weighted by molar-refractivity contribution is 5.66. The van der Waals surface area contributed by atoms with E-state index in [-0.39, 0.29) is 17.8 Å². The summed E-state index contributed by atoms with van der Waals surface area (Å²) in [6, 6.07) is 4.44. The maximum Gasteiger partial charge on any atom is 0.407 e. The monoisotopic (exact) mass is 294 g/mol. The minimum Gasteiger partial charge on any atom is -0.465 e. The Morgan fingerprint density at radius 3 is 2.76 bits per heavy atom. The number of rotatable bonds is 3. The van der Waals surface area contributed by atoms with E-state index < -0.39 is 6.09 Å². The van der Waals surface area contributed by atoms with Gasteiger partial charge in [-0.15, -0.1) is 0 Å². The van der Waals surface area contributed by atoms with Crippen molar-refractivity contribution in [3.63, 3.8) is 0 Å². The van der Waals surface area contributed by atoms with E-state index in [1.165, 1.54) is 17.0 Å². The average Bonchev–Trinajstić information content (AvgIpc) is 2.38. The second kappa shape index (κ2) is 6.43. The van der Waals surface area contributed by atoms with Gasteiger partial charge >= 0.3 is 6.09 Å². The van der Waals surface area contributed by atoms with Crippen molar-refractivity contribution in [3.8, 4) is 0 Å². The summed E-state index contributed by atoms with van der Waals surface area (Å²) in [6.07, 6.45) is 0.970. The predicted molar refractivity (Wildman–Crippen MR) is 79.9 cm³/mol. The van der Waals surface area contributed by atoms with Gasteiger partial charge < -0.3 is 14.9 Å². The Hall–Kier alpha value is -1.62. The first kappa shape index (κ1) is 15.8. The summed E-state index contributed by atoms with van der Waals surface area (Å²) >= 11 is 0. The van der Waals surface area contributed by atoms with Crippen LogP contribution in [-0.2, 0) is 0 Å². The summed E-state index contributed by atoms with van der Waals surface area (Å²) in [5.41, 5.74) is 1.74. The van der Waals surface area contributed by atoms with Crippen LogP contribution in [0.25, 0.3) is 0 Å². The Kier molecular flexibility index (Phi) is 4.83. The Morgan fingerprint density at radius 2 is 2.19 bits per heavy atom. The van der Waals surface area contributed by atoms with Gasteiger partial charge in [0.15, 0.2) is 0 Å². The average molecular weight is 294 g/mol. The van der Waals surface area contributed by atoms with Gasteiger partial charge in [-0.05, 0) is 63.0 Å². The molecular weight excluding hydrogens is 271 g/mol. The molecule has 0 aromatic heterocycles. The van der Waals surface area contributed by atoms with E-state index in [0.29, 0.717) is 6.54 Å². The molecule has 1 aliphatic heterocycles. The molecule has 0 saturated carbocycles. The molecule has 5 heteroatoms. The highest BCUT2D eigenvalue weighted by atomic mass is 19.1. The van der Waals surface area contributed by atoms with Gasteiger partial charge in [0, 0.05) is 13.1 Å². The van der Waals surface area contributed by atoms with Crippen LogP contribution in [0, 0.1) is 18.7 Å². The molecule has 1 amide bonds. The quantitative estimate of drug-likeness (QED) is 0.931. The van der Waals surface area contributed by atoms with E-state index >= 15 is 0 Å². The van der Waals surface area contributed by atoms with Crippen LogP contribution in [0.4, 0.5) is 9.18 Å². The van der Waals surface area contributed by atoms with Gasteiger partial charge in [0.2, 0.25) is 0 Å². The minimum atomic E-state index is -0.896. The highest BCUT2D eigenvalue weighted by Gasteiger charge is 2.36. The van der Waals surface area contributed by atoms with E-state index in [9.17, 15) is 14.3 Å². The number of piperidine rings is 1. The van der Waals surface area contributed by atoms with Crippen molar-refractivity contribution in [1.82, 2.24) is 9.80 Å². The molecular formula is C16H23FN2O2. The maximum atomic E-state index is 13.3. The zero-order valence-corrected chi connectivity index (χ0v) is 12.8. The molecule has 0 spiro atoms. The molecule has 0 radical (unpaired) electrons. The second-order valence-corrected chi connectivity index (χ2v) is 6.09. The van der Waals surface area contributed by atoms with Crippen molar-refractivity contribution in [3.05, 3.63) is 35.1 Å². The van der Waals surface area contributed by atoms with Gasteiger partial charge in [-0.2, -0.15) is 0 Å². The van der Waals surface area contributed by atoms with Crippen LogP contribution >= 0.6 is 0 Å². The number of hydrogen-bond acceptors (Lipinski definition) is 2. The van der Waals surface area contributed by atoms with Crippen molar-refractivity contribution in [2.24, 2.45) is 5.92 Å². The van der Waals surface area contributed by atoms with Crippen LogP contribution in [0.2, 0.25) is 0 Å². The fraction of sp³-hybridized carbons (Fsp3) is 0.562. The van der Waals surface area contributed by atoms with E-state index in [1.54, 1.807) is 6.07 Å². The maximum absolute atomic E-state index is 13.3. The Bertz CT molecular complexity index is 519. The molecule has 1 fully saturated rings. The standard InChI is InChI=1S/C16H23FN2O2/c1-11-9-13(17)6-7-14(11)15-12(10-18(2)3)5-4-8-19(15)16(20)21/h6-7,9,12,15H,4-5,8,10H2,1-3H3,(H,20,21)/t12-,15+/m0/s1. The first-order chi connectivity index (χ1) is 9.90. The molecule has 0 unspecified atom stereocenters. The lowest BCUT2D eigenvalue weighted by Gasteiger charge is -2.41. The number of amides is 1. The third-order valence-electron chi connectivity index (χ3n) is 4.15. The lowest BCUT2D eigenvalue weighted by atomic mass is 9.83. The van der Waals surface area contributed by atoms with E-state index in [4.69, 9.17) is 0 Å². The fourth-order valence-electron chi connectivity index (χ4n) is 3.34. The summed E-state index contributed by atoms with van der Waals surface area (Å²) in [6.45, 7) is 3.21. The fourth-order valence-corrected chi connectivity index (χ4v) is 3.34. The first-order valence-corrected chi connectivity index (χ1v) is 7.30. The van der Waals surface area contributed by atoms with Crippen LogP contribution < -0.4 is 0 Å². The number of halogens is 1. The first-order valence-electron chi connectivity index (χ1n) is 7.30. The van der Waals surface area contributed by atoms with Crippen molar-refractivity contribution >= 4 is 6.09 Å². The zero-order valence-electron chi connectivity index (χ0n) is 12.8. The zero-order chi connectivity index (χ0) is 15.6. The molecule has 0 aliphatic carbocycles. The molecule has 2 rings (SSSR count). The van der Waals surface area contributed by atoms with Crippen molar-refractivity contribution in [2.45, 2.75) is 25.8 Å². The number of carboxylic acid groups (broad SMARTS) is 1. The van der Waals surface area contributed by atoms with Gasteiger partial charge in [-0.1, -0.05) is 6.07 Å². The van der Waals surface area contributed by atoms with Crippen molar-refractivity contribution in [1.29, 1.82) is 0 Å². The van der Waals surface area contributed by atoms with Gasteiger partial charge in [-0.25, -0.2) is 9.18 Å². The summed E-state index contributed by atoms with van der Waals surface area (Å²) in [7, 11) is 3.99. The Balaban J connectivity index is 2.40. The minimum absolute atomic E-state index is 0.195. The highest BCUT2D eigenvalue weighted by Crippen LogP contribution is 2.38. The van der Waals surface area contributed by atoms with Gasteiger partial charge in [0.25, 0.3) is 0 Å². The molecule has 116 valence electrons. The number of aryl methyl sites for hydroxylation is 1. The molecule has 1 aromatic rings. The van der Waals surface area contributed by atoms with E-state index in [2.05, 4.69) is 4.90 Å². The Morgan fingerprint density at radius 1 is 1.48 bits per heavy atom. The molecule has 21 heavy (non-hydrogen) atoms. The summed E-state index contributed by atoms with van der Waals surface area (Å²) < 4.78 is 13.3. The molecule has 1 N–H and O–H groups in total. The molecule has 1 aliphatic rings. The number of hydrogen-bond donors (Lipinski definition) is 1. The smallest absolute Gasteiger partial charge is 0.407 e. The third kappa shape index (κ3) is 3.53. The lowest BCUT2D eigenvalue weighted by molar-refractivity contribution is 0.0680. The number of nitrogens with zero attached hydrogens (tertiary/aromatic N) is 2. The van der Waals surface area contributed by atoms with Crippen LogP contribution in [0.15, 0.2) is 18.2 Å². The normalized spacial score (nSPS) is 22.6. The summed E-state index contributed by atoms with van der Waals surface area (Å²) in [4.78, 5) is 15.2. The molecule has 1 heterocycles. The molecule has 1 aromatic carbocycles. The number of carbonyl (C=O) groups is 1. The van der Waals surface area contributed by atoms with Gasteiger partial charge in [0.05, 0.1) is 6.04 Å². The van der Waals surface area contributed by atoms with Gasteiger partial charge in [0.1, 0.15) is 5.82 Å².